The van der Waals surface area contributed by atoms with Crippen LogP contribution in [0.25, 0.3) is 0 Å². The van der Waals surface area contributed by atoms with Crippen molar-refractivity contribution in [3.63, 3.8) is 0 Å². The lowest BCUT2D eigenvalue weighted by Crippen LogP contribution is -2.44. The fourth-order valence-electron chi connectivity index (χ4n) is 3.43. The summed E-state index contributed by atoms with van der Waals surface area (Å²) in [5.41, 5.74) is 2.98. The zero-order valence-electron chi connectivity index (χ0n) is 17.4. The van der Waals surface area contributed by atoms with E-state index in [1.807, 2.05) is 0 Å². The summed E-state index contributed by atoms with van der Waals surface area (Å²) in [4.78, 5) is 15.8. The smallest absolute Gasteiger partial charge is 0.226 e. The number of benzene rings is 1. The van der Waals surface area contributed by atoms with E-state index in [0.717, 1.165) is 39.3 Å². The van der Waals surface area contributed by atoms with Gasteiger partial charge in [-0.3, -0.25) is 0 Å². The van der Waals surface area contributed by atoms with Gasteiger partial charge in [-0.1, -0.05) is 32.9 Å². The zero-order chi connectivity index (χ0) is 20.1. The molecule has 1 aliphatic rings. The number of hydrogen-bond acceptors (Lipinski definition) is 6. The van der Waals surface area contributed by atoms with E-state index in [1.165, 1.54) is 11.3 Å². The first kappa shape index (κ1) is 20.1. The number of anilines is 2. The first-order valence-electron chi connectivity index (χ1n) is 9.84. The van der Waals surface area contributed by atoms with Crippen LogP contribution in [-0.4, -0.2) is 54.6 Å². The predicted octanol–water partition coefficient (Wildman–Crippen LogP) is 3.15. The molecule has 0 N–H and O–H groups in total. The number of aromatic nitrogens is 2. The molecule has 1 aliphatic heterocycles. The Labute approximate surface area is 168 Å². The van der Waals surface area contributed by atoms with Crippen LogP contribution in [0.3, 0.4) is 0 Å². The van der Waals surface area contributed by atoms with Gasteiger partial charge in [0.05, 0.1) is 0 Å². The van der Waals surface area contributed by atoms with Crippen molar-refractivity contribution in [1.82, 2.24) is 14.9 Å². The van der Waals surface area contributed by atoms with Crippen LogP contribution in [0, 0.1) is 16.7 Å². The van der Waals surface area contributed by atoms with E-state index in [2.05, 4.69) is 82.8 Å². The highest BCUT2D eigenvalue weighted by Crippen LogP contribution is 2.23. The van der Waals surface area contributed by atoms with Crippen LogP contribution in [0.4, 0.5) is 11.6 Å². The molecule has 0 spiro atoms. The SMILES string of the molecule is CN1CCN(c2ccc(CN(CC(C)(C)C)c3nccc(C#N)n3)cc2)CC1. The second-order valence-electron chi connectivity index (χ2n) is 8.73. The van der Waals surface area contributed by atoms with Crippen molar-refractivity contribution in [3.05, 3.63) is 47.8 Å². The highest BCUT2D eigenvalue weighted by Gasteiger charge is 2.20. The molecule has 2 heterocycles. The van der Waals surface area contributed by atoms with E-state index in [0.29, 0.717) is 11.6 Å². The Kier molecular flexibility index (Phi) is 6.15. The van der Waals surface area contributed by atoms with Crippen LogP contribution in [0.15, 0.2) is 36.5 Å². The van der Waals surface area contributed by atoms with Crippen molar-refractivity contribution in [1.29, 1.82) is 5.26 Å². The molecule has 6 nitrogen and oxygen atoms in total. The Morgan fingerprint density at radius 1 is 1.07 bits per heavy atom. The minimum atomic E-state index is 0.0891. The maximum Gasteiger partial charge on any atom is 0.226 e. The maximum atomic E-state index is 9.17. The summed E-state index contributed by atoms with van der Waals surface area (Å²) in [6, 6.07) is 12.6. The molecule has 1 fully saturated rings. The van der Waals surface area contributed by atoms with Crippen molar-refractivity contribution in [2.45, 2.75) is 27.3 Å². The molecule has 148 valence electrons. The van der Waals surface area contributed by atoms with Gasteiger partial charge in [0.1, 0.15) is 11.8 Å². The first-order valence-corrected chi connectivity index (χ1v) is 9.84. The van der Waals surface area contributed by atoms with E-state index in [9.17, 15) is 5.26 Å². The molecule has 0 unspecified atom stereocenters. The summed E-state index contributed by atoms with van der Waals surface area (Å²) in [6.07, 6.45) is 1.66. The summed E-state index contributed by atoms with van der Waals surface area (Å²) in [5.74, 6) is 0.608. The van der Waals surface area contributed by atoms with Gasteiger partial charge in [-0.15, -0.1) is 0 Å². The van der Waals surface area contributed by atoms with E-state index in [-0.39, 0.29) is 5.41 Å². The van der Waals surface area contributed by atoms with Gasteiger partial charge in [0, 0.05) is 51.2 Å². The molecule has 0 bridgehead atoms. The molecule has 2 aromatic rings. The normalized spacial score (nSPS) is 15.3. The molecule has 0 atom stereocenters. The van der Waals surface area contributed by atoms with Crippen molar-refractivity contribution in [2.24, 2.45) is 5.41 Å². The van der Waals surface area contributed by atoms with E-state index < -0.39 is 0 Å². The molecule has 3 rings (SSSR count). The lowest BCUT2D eigenvalue weighted by atomic mass is 9.96. The summed E-state index contributed by atoms with van der Waals surface area (Å²) >= 11 is 0. The van der Waals surface area contributed by atoms with Crippen LogP contribution in [0.2, 0.25) is 0 Å². The minimum Gasteiger partial charge on any atom is -0.369 e. The van der Waals surface area contributed by atoms with Crippen LogP contribution >= 0.6 is 0 Å². The molecule has 0 amide bonds. The minimum absolute atomic E-state index is 0.0891. The highest BCUT2D eigenvalue weighted by atomic mass is 15.3. The molecule has 0 radical (unpaired) electrons. The van der Waals surface area contributed by atoms with E-state index >= 15 is 0 Å². The van der Waals surface area contributed by atoms with Crippen molar-refractivity contribution < 1.29 is 0 Å². The third-order valence-corrected chi connectivity index (χ3v) is 4.88. The zero-order valence-corrected chi connectivity index (χ0v) is 17.4. The van der Waals surface area contributed by atoms with E-state index in [1.54, 1.807) is 12.3 Å². The fraction of sp³-hybridized carbons (Fsp3) is 0.500. The largest absolute Gasteiger partial charge is 0.369 e. The average molecular weight is 379 g/mol. The van der Waals surface area contributed by atoms with Crippen LogP contribution in [0.5, 0.6) is 0 Å². The molecule has 28 heavy (non-hydrogen) atoms. The van der Waals surface area contributed by atoms with E-state index in [4.69, 9.17) is 0 Å². The number of nitriles is 1. The van der Waals surface area contributed by atoms with Gasteiger partial charge in [-0.2, -0.15) is 5.26 Å². The van der Waals surface area contributed by atoms with Crippen LogP contribution in [0.1, 0.15) is 32.0 Å². The highest BCUT2D eigenvalue weighted by molar-refractivity contribution is 5.49. The molecule has 0 saturated carbocycles. The third kappa shape index (κ3) is 5.43. The number of likely N-dealkylation sites (N-methyl/N-ethyl adjacent to an activating group) is 1. The lowest BCUT2D eigenvalue weighted by Gasteiger charge is -2.34. The average Bonchev–Trinajstić information content (AvgIpc) is 2.68. The number of rotatable bonds is 5. The molecule has 1 aromatic heterocycles. The monoisotopic (exact) mass is 378 g/mol. The fourth-order valence-corrected chi connectivity index (χ4v) is 3.43. The van der Waals surface area contributed by atoms with Gasteiger partial charge < -0.3 is 14.7 Å². The molecular weight excluding hydrogens is 348 g/mol. The van der Waals surface area contributed by atoms with Crippen molar-refractivity contribution >= 4 is 11.6 Å². The standard InChI is InChI=1S/C22H30N6/c1-22(2,3)17-28(21-24-10-9-19(15-23)25-21)16-18-5-7-20(8-6-18)27-13-11-26(4)12-14-27/h5-10H,11-14,16-17H2,1-4H3. The van der Waals surface area contributed by atoms with Gasteiger partial charge in [-0.05, 0) is 36.2 Å². The maximum absolute atomic E-state index is 9.17. The van der Waals surface area contributed by atoms with Crippen molar-refractivity contribution in [2.75, 3.05) is 49.6 Å². The Morgan fingerprint density at radius 2 is 1.75 bits per heavy atom. The molecule has 1 aromatic carbocycles. The predicted molar refractivity (Wildman–Crippen MR) is 113 cm³/mol. The third-order valence-electron chi connectivity index (χ3n) is 4.88. The molecule has 6 heteroatoms. The van der Waals surface area contributed by atoms with Gasteiger partial charge in [0.15, 0.2) is 0 Å². The molecule has 1 saturated heterocycles. The molecular formula is C22H30N6. The first-order chi connectivity index (χ1) is 13.3. The van der Waals surface area contributed by atoms with Gasteiger partial charge >= 0.3 is 0 Å². The second-order valence-corrected chi connectivity index (χ2v) is 8.73. The molecule has 0 aliphatic carbocycles. The van der Waals surface area contributed by atoms with Crippen LogP contribution in [-0.2, 0) is 6.54 Å². The van der Waals surface area contributed by atoms with Gasteiger partial charge in [0.25, 0.3) is 0 Å². The second kappa shape index (κ2) is 8.57. The Hall–Kier alpha value is -2.65. The van der Waals surface area contributed by atoms with Gasteiger partial charge in [0.2, 0.25) is 5.95 Å². The number of piperazine rings is 1. The Balaban J connectivity index is 1.75. The summed E-state index contributed by atoms with van der Waals surface area (Å²) in [7, 11) is 2.17. The summed E-state index contributed by atoms with van der Waals surface area (Å²) in [6.45, 7) is 12.5. The number of nitrogens with zero attached hydrogens (tertiary/aromatic N) is 6. The Morgan fingerprint density at radius 3 is 2.36 bits per heavy atom. The van der Waals surface area contributed by atoms with Crippen LogP contribution < -0.4 is 9.80 Å². The lowest BCUT2D eigenvalue weighted by molar-refractivity contribution is 0.313. The summed E-state index contributed by atoms with van der Waals surface area (Å²) in [5, 5.41) is 9.17. The Bertz CT molecular complexity index is 810. The van der Waals surface area contributed by atoms with Gasteiger partial charge in [-0.25, -0.2) is 9.97 Å². The summed E-state index contributed by atoms with van der Waals surface area (Å²) < 4.78 is 0. The topological polar surface area (TPSA) is 59.3 Å². The quantitative estimate of drug-likeness (QED) is 0.797. The van der Waals surface area contributed by atoms with Crippen molar-refractivity contribution in [3.8, 4) is 6.07 Å². The number of hydrogen-bond donors (Lipinski definition) is 0.